The number of hydrogen-bond donors (Lipinski definition) is 1. The van der Waals surface area contributed by atoms with Gasteiger partial charge in [0.25, 0.3) is 11.5 Å². The largest absolute Gasteiger partial charge is 0.368 e. The Balaban J connectivity index is 1.23. The summed E-state index contributed by atoms with van der Waals surface area (Å²) < 4.78 is 5.55. The van der Waals surface area contributed by atoms with E-state index in [9.17, 15) is 9.59 Å². The maximum atomic E-state index is 12.9. The second kappa shape index (κ2) is 8.84. The fourth-order valence-corrected chi connectivity index (χ4v) is 5.72. The van der Waals surface area contributed by atoms with Gasteiger partial charge in [-0.1, -0.05) is 0 Å². The highest BCUT2D eigenvalue weighted by molar-refractivity contribution is 7.10. The van der Waals surface area contributed by atoms with Crippen LogP contribution < -0.4 is 5.56 Å². The van der Waals surface area contributed by atoms with E-state index >= 15 is 0 Å². The number of hydrogen-bond acceptors (Lipinski definition) is 6. The number of carbonyl (C=O) groups excluding carboxylic acids is 1. The summed E-state index contributed by atoms with van der Waals surface area (Å²) in [5.41, 5.74) is 3.09. The van der Waals surface area contributed by atoms with E-state index in [0.29, 0.717) is 26.2 Å². The smallest absolute Gasteiger partial charge is 0.255 e. The van der Waals surface area contributed by atoms with E-state index in [4.69, 9.17) is 9.72 Å². The van der Waals surface area contributed by atoms with Gasteiger partial charge in [0.05, 0.1) is 11.3 Å². The van der Waals surface area contributed by atoms with Crippen LogP contribution in [0.5, 0.6) is 0 Å². The van der Waals surface area contributed by atoms with E-state index in [2.05, 4.69) is 28.3 Å². The lowest BCUT2D eigenvalue weighted by Crippen LogP contribution is -2.43. The molecule has 0 aliphatic carbocycles. The Morgan fingerprint density at radius 1 is 1.29 bits per heavy atom. The van der Waals surface area contributed by atoms with Crippen molar-refractivity contribution >= 4 is 17.2 Å². The number of aryl methyl sites for hydroxylation is 1. The van der Waals surface area contributed by atoms with Crippen molar-refractivity contribution in [3.05, 3.63) is 49.3 Å². The average molecular weight is 443 g/mol. The minimum Gasteiger partial charge on any atom is -0.368 e. The second-order valence-electron chi connectivity index (χ2n) is 9.00. The molecule has 2 fully saturated rings. The first-order valence-corrected chi connectivity index (χ1v) is 12.2. The fourth-order valence-electron chi connectivity index (χ4n) is 5.02. The lowest BCUT2D eigenvalue weighted by Gasteiger charge is -2.33. The number of thiophene rings is 1. The number of piperidine rings is 1. The van der Waals surface area contributed by atoms with Crippen molar-refractivity contribution < 1.29 is 9.53 Å². The highest BCUT2D eigenvalue weighted by Crippen LogP contribution is 2.28. The Kier molecular flexibility index (Phi) is 5.95. The molecule has 3 aliphatic heterocycles. The number of aromatic nitrogens is 2. The van der Waals surface area contributed by atoms with E-state index in [0.717, 1.165) is 62.3 Å². The van der Waals surface area contributed by atoms with E-state index in [1.807, 2.05) is 4.90 Å². The molecule has 166 valence electrons. The first kappa shape index (κ1) is 20.8. The highest BCUT2D eigenvalue weighted by Gasteiger charge is 2.32. The molecule has 0 unspecified atom stereocenters. The maximum Gasteiger partial charge on any atom is 0.255 e. The molecule has 0 spiro atoms. The van der Waals surface area contributed by atoms with Crippen molar-refractivity contribution in [1.29, 1.82) is 0 Å². The van der Waals surface area contributed by atoms with E-state index in [-0.39, 0.29) is 23.5 Å². The summed E-state index contributed by atoms with van der Waals surface area (Å²) in [5, 5.41) is 2.20. The predicted octanol–water partition coefficient (Wildman–Crippen LogP) is 2.58. The van der Waals surface area contributed by atoms with Crippen LogP contribution in [0.1, 0.15) is 59.1 Å². The Morgan fingerprint density at radius 2 is 2.13 bits per heavy atom. The van der Waals surface area contributed by atoms with Crippen LogP contribution in [0.3, 0.4) is 0 Å². The van der Waals surface area contributed by atoms with Crippen LogP contribution >= 0.6 is 11.3 Å². The lowest BCUT2D eigenvalue weighted by atomic mass is 9.94. The van der Waals surface area contributed by atoms with Crippen LogP contribution in [0, 0.1) is 6.92 Å². The van der Waals surface area contributed by atoms with Gasteiger partial charge in [0.2, 0.25) is 0 Å². The standard InChI is InChI=1S/C23H30N4O3S/c1-15-11-16(14-31-15)12-26-7-6-19-18(13-26)22(28)25-21(24-19)17-4-8-27(9-5-17)23(29)20-3-2-10-30-20/h11,14,17,20H,2-10,12-13H2,1H3,(H,24,25,28)/t20-/m0/s1. The monoisotopic (exact) mass is 442 g/mol. The molecule has 0 aromatic carbocycles. The van der Waals surface area contributed by atoms with Gasteiger partial charge in [-0.2, -0.15) is 0 Å². The van der Waals surface area contributed by atoms with Crippen LogP contribution in [0.25, 0.3) is 0 Å². The van der Waals surface area contributed by atoms with Crippen LogP contribution in [0.2, 0.25) is 0 Å². The zero-order valence-electron chi connectivity index (χ0n) is 18.1. The first-order chi connectivity index (χ1) is 15.1. The molecule has 0 bridgehead atoms. The quantitative estimate of drug-likeness (QED) is 0.788. The van der Waals surface area contributed by atoms with Gasteiger partial charge in [-0.25, -0.2) is 4.98 Å². The molecule has 5 heterocycles. The van der Waals surface area contributed by atoms with Crippen LogP contribution in [-0.4, -0.2) is 58.0 Å². The third kappa shape index (κ3) is 4.47. The number of likely N-dealkylation sites (tertiary alicyclic amines) is 1. The summed E-state index contributed by atoms with van der Waals surface area (Å²) >= 11 is 1.77. The van der Waals surface area contributed by atoms with Crippen molar-refractivity contribution in [2.24, 2.45) is 0 Å². The number of amides is 1. The zero-order valence-corrected chi connectivity index (χ0v) is 18.9. The van der Waals surface area contributed by atoms with Gasteiger partial charge in [-0.3, -0.25) is 14.5 Å². The first-order valence-electron chi connectivity index (χ1n) is 11.4. The van der Waals surface area contributed by atoms with Crippen molar-refractivity contribution in [3.8, 4) is 0 Å². The summed E-state index contributed by atoms with van der Waals surface area (Å²) in [6.45, 7) is 6.68. The molecule has 2 saturated heterocycles. The van der Waals surface area contributed by atoms with Gasteiger partial charge in [-0.15, -0.1) is 11.3 Å². The normalized spacial score (nSPS) is 22.6. The fraction of sp³-hybridized carbons (Fsp3) is 0.609. The Labute approximate surface area is 186 Å². The third-order valence-corrected chi connectivity index (χ3v) is 7.67. The molecule has 1 amide bonds. The van der Waals surface area contributed by atoms with Crippen molar-refractivity contribution in [2.45, 2.75) is 64.1 Å². The molecular weight excluding hydrogens is 412 g/mol. The van der Waals surface area contributed by atoms with Gasteiger partial charge < -0.3 is 14.6 Å². The van der Waals surface area contributed by atoms with E-state index in [1.165, 1.54) is 10.4 Å². The summed E-state index contributed by atoms with van der Waals surface area (Å²) in [6.07, 6.45) is 4.04. The van der Waals surface area contributed by atoms with Gasteiger partial charge in [0.1, 0.15) is 11.9 Å². The number of nitrogens with zero attached hydrogens (tertiary/aromatic N) is 3. The average Bonchev–Trinajstić information content (AvgIpc) is 3.46. The summed E-state index contributed by atoms with van der Waals surface area (Å²) in [6, 6.07) is 2.22. The molecule has 3 aliphatic rings. The van der Waals surface area contributed by atoms with Crippen LogP contribution in [-0.2, 0) is 29.0 Å². The molecule has 2 aromatic rings. The van der Waals surface area contributed by atoms with Gasteiger partial charge in [0.15, 0.2) is 0 Å². The number of H-pyrrole nitrogens is 1. The number of fused-ring (bicyclic) bond motifs is 1. The highest BCUT2D eigenvalue weighted by atomic mass is 32.1. The van der Waals surface area contributed by atoms with Crippen LogP contribution in [0.15, 0.2) is 16.2 Å². The van der Waals surface area contributed by atoms with E-state index < -0.39 is 0 Å². The number of carbonyl (C=O) groups is 1. The lowest BCUT2D eigenvalue weighted by molar-refractivity contribution is -0.142. The second-order valence-corrected chi connectivity index (χ2v) is 10.1. The molecule has 2 aromatic heterocycles. The number of ether oxygens (including phenoxy) is 1. The molecule has 31 heavy (non-hydrogen) atoms. The molecule has 1 N–H and O–H groups in total. The molecular formula is C23H30N4O3S. The maximum absolute atomic E-state index is 12.9. The number of rotatable bonds is 4. The summed E-state index contributed by atoms with van der Waals surface area (Å²) in [5.74, 6) is 1.14. The topological polar surface area (TPSA) is 78.5 Å². The van der Waals surface area contributed by atoms with Crippen molar-refractivity contribution in [1.82, 2.24) is 19.8 Å². The van der Waals surface area contributed by atoms with Crippen LogP contribution in [0.4, 0.5) is 0 Å². The molecule has 0 saturated carbocycles. The van der Waals surface area contributed by atoms with Gasteiger partial charge in [-0.05, 0) is 49.6 Å². The molecule has 5 rings (SSSR count). The molecule has 8 heteroatoms. The Bertz CT molecular complexity index is 1000. The van der Waals surface area contributed by atoms with Crippen molar-refractivity contribution in [3.63, 3.8) is 0 Å². The van der Waals surface area contributed by atoms with Gasteiger partial charge in [0, 0.05) is 56.5 Å². The Hall–Kier alpha value is -2.03. The third-order valence-electron chi connectivity index (χ3n) is 6.76. The van der Waals surface area contributed by atoms with E-state index in [1.54, 1.807) is 11.3 Å². The van der Waals surface area contributed by atoms with Gasteiger partial charge >= 0.3 is 0 Å². The SMILES string of the molecule is Cc1cc(CN2CCc3nc(C4CCN(C(=O)[C@@H]5CCCO5)CC4)[nH]c(=O)c3C2)cs1. The minimum atomic E-state index is -0.251. The summed E-state index contributed by atoms with van der Waals surface area (Å²) in [7, 11) is 0. The number of nitrogens with one attached hydrogen (secondary N) is 1. The minimum absolute atomic E-state index is 0.00376. The molecule has 1 atom stereocenters. The molecule has 0 radical (unpaired) electrons. The Morgan fingerprint density at radius 3 is 2.84 bits per heavy atom. The zero-order chi connectivity index (χ0) is 21.4. The van der Waals surface area contributed by atoms with Crippen molar-refractivity contribution in [2.75, 3.05) is 26.2 Å². The summed E-state index contributed by atoms with van der Waals surface area (Å²) in [4.78, 5) is 39.0. The predicted molar refractivity (Wildman–Crippen MR) is 119 cm³/mol. The molecule has 7 nitrogen and oxygen atoms in total. The number of aromatic amines is 1.